The number of ether oxygens (including phenoxy) is 1. The summed E-state index contributed by atoms with van der Waals surface area (Å²) in [5.74, 6) is 0.951. The molecule has 1 aromatic rings. The van der Waals surface area contributed by atoms with Crippen LogP contribution in [0.5, 0.6) is 5.75 Å². The summed E-state index contributed by atoms with van der Waals surface area (Å²) in [6.07, 6.45) is 5.84. The van der Waals surface area contributed by atoms with Gasteiger partial charge in [-0.3, -0.25) is 4.79 Å². The number of hydrogen-bond donors (Lipinski definition) is 0. The summed E-state index contributed by atoms with van der Waals surface area (Å²) in [6, 6.07) is 5.37. The SMILES string of the molecule is O=C1CC(Oc2cccc(Cl)c2Cl)C12CCCCC2. The second-order valence-electron chi connectivity index (χ2n) is 5.50. The van der Waals surface area contributed by atoms with Crippen molar-refractivity contribution in [2.75, 3.05) is 0 Å². The maximum atomic E-state index is 12.0. The predicted octanol–water partition coefficient (Wildman–Crippen LogP) is 4.66. The minimum absolute atomic E-state index is 0.0312. The van der Waals surface area contributed by atoms with Gasteiger partial charge in [-0.2, -0.15) is 0 Å². The lowest BCUT2D eigenvalue weighted by molar-refractivity contribution is -0.156. The molecular weight excluding hydrogens is 283 g/mol. The van der Waals surface area contributed by atoms with Crippen molar-refractivity contribution in [3.63, 3.8) is 0 Å². The first kappa shape index (κ1) is 13.3. The van der Waals surface area contributed by atoms with Gasteiger partial charge in [-0.05, 0) is 25.0 Å². The molecule has 2 nitrogen and oxygen atoms in total. The van der Waals surface area contributed by atoms with Crippen LogP contribution >= 0.6 is 23.2 Å². The van der Waals surface area contributed by atoms with E-state index in [9.17, 15) is 4.79 Å². The van der Waals surface area contributed by atoms with Crippen molar-refractivity contribution in [2.45, 2.75) is 44.6 Å². The average Bonchev–Trinajstić information content (AvgIpc) is 2.44. The third kappa shape index (κ3) is 2.15. The summed E-state index contributed by atoms with van der Waals surface area (Å²) in [4.78, 5) is 12.0. The predicted molar refractivity (Wildman–Crippen MR) is 76.0 cm³/mol. The van der Waals surface area contributed by atoms with Crippen LogP contribution in [0.25, 0.3) is 0 Å². The topological polar surface area (TPSA) is 26.3 Å². The fourth-order valence-corrected chi connectivity index (χ4v) is 3.62. The van der Waals surface area contributed by atoms with E-state index in [1.165, 1.54) is 6.42 Å². The fraction of sp³-hybridized carbons (Fsp3) is 0.533. The van der Waals surface area contributed by atoms with Gasteiger partial charge in [-0.15, -0.1) is 0 Å². The zero-order valence-corrected chi connectivity index (χ0v) is 12.1. The van der Waals surface area contributed by atoms with E-state index in [4.69, 9.17) is 27.9 Å². The third-order valence-electron chi connectivity index (χ3n) is 4.47. The average molecular weight is 299 g/mol. The van der Waals surface area contributed by atoms with Gasteiger partial charge in [0, 0.05) is 6.42 Å². The zero-order chi connectivity index (χ0) is 13.5. The van der Waals surface area contributed by atoms with Gasteiger partial charge in [-0.1, -0.05) is 48.5 Å². The third-order valence-corrected chi connectivity index (χ3v) is 5.28. The number of carbonyl (C=O) groups excluding carboxylic acids is 1. The highest BCUT2D eigenvalue weighted by molar-refractivity contribution is 6.42. The van der Waals surface area contributed by atoms with E-state index in [0.717, 1.165) is 25.7 Å². The van der Waals surface area contributed by atoms with Crippen LogP contribution in [0, 0.1) is 5.41 Å². The number of hydrogen-bond acceptors (Lipinski definition) is 2. The number of carbonyl (C=O) groups is 1. The van der Waals surface area contributed by atoms with E-state index < -0.39 is 0 Å². The van der Waals surface area contributed by atoms with Gasteiger partial charge < -0.3 is 4.74 Å². The molecule has 1 unspecified atom stereocenters. The van der Waals surface area contributed by atoms with Crippen LogP contribution in [-0.2, 0) is 4.79 Å². The molecule has 0 heterocycles. The Morgan fingerprint density at radius 3 is 2.58 bits per heavy atom. The molecule has 1 atom stereocenters. The molecule has 4 heteroatoms. The summed E-state index contributed by atoms with van der Waals surface area (Å²) in [5.41, 5.74) is -0.246. The van der Waals surface area contributed by atoms with E-state index in [2.05, 4.69) is 0 Å². The first-order valence-electron chi connectivity index (χ1n) is 6.77. The molecule has 0 radical (unpaired) electrons. The van der Waals surface area contributed by atoms with Gasteiger partial charge >= 0.3 is 0 Å². The van der Waals surface area contributed by atoms with Gasteiger partial charge in [0.2, 0.25) is 0 Å². The highest BCUT2D eigenvalue weighted by Gasteiger charge is 2.56. The number of ketones is 1. The van der Waals surface area contributed by atoms with Gasteiger partial charge in [0.15, 0.2) is 0 Å². The summed E-state index contributed by atoms with van der Waals surface area (Å²) >= 11 is 12.1. The molecule has 19 heavy (non-hydrogen) atoms. The van der Waals surface area contributed by atoms with E-state index >= 15 is 0 Å². The molecule has 1 aromatic carbocycles. The lowest BCUT2D eigenvalue weighted by Crippen LogP contribution is -2.57. The first-order valence-corrected chi connectivity index (χ1v) is 7.53. The maximum absolute atomic E-state index is 12.0. The Labute approximate surface area is 123 Å². The first-order chi connectivity index (χ1) is 9.13. The molecule has 2 aliphatic rings. The molecule has 2 saturated carbocycles. The van der Waals surface area contributed by atoms with E-state index in [0.29, 0.717) is 28.0 Å². The minimum atomic E-state index is -0.246. The van der Waals surface area contributed by atoms with Crippen molar-refractivity contribution in [1.29, 1.82) is 0 Å². The van der Waals surface area contributed by atoms with Gasteiger partial charge in [0.25, 0.3) is 0 Å². The molecule has 0 saturated heterocycles. The van der Waals surface area contributed by atoms with Crippen LogP contribution in [0.1, 0.15) is 38.5 Å². The summed E-state index contributed by atoms with van der Waals surface area (Å²) < 4.78 is 5.99. The van der Waals surface area contributed by atoms with E-state index in [1.807, 2.05) is 12.1 Å². The maximum Gasteiger partial charge on any atom is 0.146 e. The Hall–Kier alpha value is -0.730. The van der Waals surface area contributed by atoms with E-state index in [1.54, 1.807) is 6.07 Å². The van der Waals surface area contributed by atoms with Crippen molar-refractivity contribution < 1.29 is 9.53 Å². The second-order valence-corrected chi connectivity index (χ2v) is 6.29. The van der Waals surface area contributed by atoms with Crippen molar-refractivity contribution in [3.8, 4) is 5.75 Å². The highest BCUT2D eigenvalue weighted by atomic mass is 35.5. The molecular formula is C15H16Cl2O2. The number of benzene rings is 1. The lowest BCUT2D eigenvalue weighted by Gasteiger charge is -2.49. The Kier molecular flexibility index (Phi) is 3.48. The monoisotopic (exact) mass is 298 g/mol. The highest BCUT2D eigenvalue weighted by Crippen LogP contribution is 2.51. The molecule has 0 aliphatic heterocycles. The number of halogens is 2. The van der Waals surface area contributed by atoms with Crippen molar-refractivity contribution in [2.24, 2.45) is 5.41 Å². The smallest absolute Gasteiger partial charge is 0.146 e. The molecule has 3 rings (SSSR count). The summed E-state index contributed by atoms with van der Waals surface area (Å²) in [6.45, 7) is 0. The van der Waals surface area contributed by atoms with Crippen molar-refractivity contribution in [3.05, 3.63) is 28.2 Å². The molecule has 2 fully saturated rings. The molecule has 0 bridgehead atoms. The van der Waals surface area contributed by atoms with Crippen LogP contribution in [0.3, 0.4) is 0 Å². The van der Waals surface area contributed by atoms with Crippen LogP contribution in [0.2, 0.25) is 10.0 Å². The van der Waals surface area contributed by atoms with Crippen LogP contribution in [-0.4, -0.2) is 11.9 Å². The normalized spacial score (nSPS) is 25.2. The molecule has 0 N–H and O–H groups in total. The van der Waals surface area contributed by atoms with Crippen LogP contribution in [0.15, 0.2) is 18.2 Å². The Morgan fingerprint density at radius 2 is 1.89 bits per heavy atom. The fourth-order valence-electron chi connectivity index (χ4n) is 3.28. The number of rotatable bonds is 2. The Morgan fingerprint density at radius 1 is 1.16 bits per heavy atom. The molecule has 1 spiro atoms. The Balaban J connectivity index is 1.80. The standard InChI is InChI=1S/C15H16Cl2O2/c16-10-5-4-6-11(14(10)17)19-13-9-12(18)15(13)7-2-1-3-8-15/h4-6,13H,1-3,7-9H2. The van der Waals surface area contributed by atoms with Gasteiger partial charge in [-0.25, -0.2) is 0 Å². The molecule has 0 aromatic heterocycles. The largest absolute Gasteiger partial charge is 0.487 e. The van der Waals surface area contributed by atoms with Crippen LogP contribution in [0.4, 0.5) is 0 Å². The van der Waals surface area contributed by atoms with Crippen molar-refractivity contribution in [1.82, 2.24) is 0 Å². The molecule has 0 amide bonds. The summed E-state index contributed by atoms with van der Waals surface area (Å²) in [5, 5.41) is 0.928. The number of Topliss-reactive ketones (excluding diaryl/α,β-unsaturated/α-hetero) is 1. The quantitative estimate of drug-likeness (QED) is 0.793. The lowest BCUT2D eigenvalue weighted by atomic mass is 9.57. The zero-order valence-electron chi connectivity index (χ0n) is 10.6. The van der Waals surface area contributed by atoms with Crippen LogP contribution < -0.4 is 4.74 Å². The molecule has 102 valence electrons. The Bertz CT molecular complexity index is 507. The minimum Gasteiger partial charge on any atom is -0.487 e. The summed E-state index contributed by atoms with van der Waals surface area (Å²) in [7, 11) is 0. The van der Waals surface area contributed by atoms with Gasteiger partial charge in [0.05, 0.1) is 10.4 Å². The van der Waals surface area contributed by atoms with E-state index in [-0.39, 0.29) is 11.5 Å². The second kappa shape index (κ2) is 4.99. The van der Waals surface area contributed by atoms with Gasteiger partial charge in [0.1, 0.15) is 22.7 Å². The molecule has 2 aliphatic carbocycles. The van der Waals surface area contributed by atoms with Crippen molar-refractivity contribution >= 4 is 29.0 Å².